The van der Waals surface area contributed by atoms with Crippen LogP contribution in [0, 0.1) is 5.41 Å². The molecule has 0 amide bonds. The molecule has 1 unspecified atom stereocenters. The Balaban J connectivity index is 2.50. The second-order valence-corrected chi connectivity index (χ2v) is 6.48. The maximum atomic E-state index is 12.0. The van der Waals surface area contributed by atoms with Crippen molar-refractivity contribution in [3.05, 3.63) is 0 Å². The fourth-order valence-corrected chi connectivity index (χ4v) is 3.08. The number of hydrogen-bond donors (Lipinski definition) is 1. The predicted molar refractivity (Wildman–Crippen MR) is 60.2 cm³/mol. The third-order valence-electron chi connectivity index (χ3n) is 2.32. The quantitative estimate of drug-likeness (QED) is 0.761. The average Bonchev–Trinajstić information content (AvgIpc) is 2.23. The van der Waals surface area contributed by atoms with Crippen molar-refractivity contribution >= 4 is 7.82 Å². The number of phosphoric ester groups is 1. The van der Waals surface area contributed by atoms with E-state index in [1.807, 2.05) is 20.8 Å². The van der Waals surface area contributed by atoms with E-state index in [-0.39, 0.29) is 12.0 Å². The summed E-state index contributed by atoms with van der Waals surface area (Å²) in [5, 5.41) is 9.05. The molecule has 96 valence electrons. The van der Waals surface area contributed by atoms with Crippen LogP contribution in [0.1, 0.15) is 33.6 Å². The molecule has 5 nitrogen and oxygen atoms in total. The predicted octanol–water partition coefficient (Wildman–Crippen LogP) is 2.35. The number of aliphatic hydroxyl groups is 1. The summed E-state index contributed by atoms with van der Waals surface area (Å²) >= 11 is 0. The molecule has 1 rings (SSSR count). The highest BCUT2D eigenvalue weighted by Gasteiger charge is 2.39. The molecule has 0 bridgehead atoms. The molecule has 1 fully saturated rings. The van der Waals surface area contributed by atoms with Crippen molar-refractivity contribution in [2.24, 2.45) is 5.41 Å². The Labute approximate surface area is 96.7 Å². The van der Waals surface area contributed by atoms with Gasteiger partial charge in [-0.1, -0.05) is 27.2 Å². The molecule has 1 aliphatic rings. The molecule has 16 heavy (non-hydrogen) atoms. The van der Waals surface area contributed by atoms with Crippen LogP contribution in [0.3, 0.4) is 0 Å². The van der Waals surface area contributed by atoms with Gasteiger partial charge in [0.1, 0.15) is 0 Å². The van der Waals surface area contributed by atoms with Gasteiger partial charge in [-0.05, 0) is 6.42 Å². The van der Waals surface area contributed by atoms with E-state index in [1.54, 1.807) is 0 Å². The Morgan fingerprint density at radius 3 is 2.44 bits per heavy atom. The van der Waals surface area contributed by atoms with E-state index in [4.69, 9.17) is 18.7 Å². The highest BCUT2D eigenvalue weighted by Crippen LogP contribution is 2.55. The molecular formula is C10H21O5P. The molecule has 6 heteroatoms. The van der Waals surface area contributed by atoms with Crippen molar-refractivity contribution in [3.63, 3.8) is 0 Å². The number of rotatable bonds is 5. The largest absolute Gasteiger partial charge is 0.475 e. The SMILES string of the molecule is CCCC(CO)OP1(=O)OCC(C)(C)CO1. The van der Waals surface area contributed by atoms with Gasteiger partial charge in [0.25, 0.3) is 0 Å². The van der Waals surface area contributed by atoms with Crippen LogP contribution in [0.25, 0.3) is 0 Å². The highest BCUT2D eigenvalue weighted by molar-refractivity contribution is 7.48. The lowest BCUT2D eigenvalue weighted by molar-refractivity contribution is -0.0217. The summed E-state index contributed by atoms with van der Waals surface area (Å²) in [7, 11) is -3.46. The molecule has 1 N–H and O–H groups in total. The van der Waals surface area contributed by atoms with Gasteiger partial charge >= 0.3 is 7.82 Å². The van der Waals surface area contributed by atoms with E-state index >= 15 is 0 Å². The first-order valence-electron chi connectivity index (χ1n) is 5.59. The summed E-state index contributed by atoms with van der Waals surface area (Å²) in [4.78, 5) is 0. The molecule has 1 atom stereocenters. The van der Waals surface area contributed by atoms with Crippen molar-refractivity contribution in [2.45, 2.75) is 39.7 Å². The molecule has 0 aromatic carbocycles. The first-order chi connectivity index (χ1) is 7.41. The number of phosphoric acid groups is 1. The zero-order valence-corrected chi connectivity index (χ0v) is 11.0. The van der Waals surface area contributed by atoms with Gasteiger partial charge in [-0.3, -0.25) is 13.6 Å². The lowest BCUT2D eigenvalue weighted by Crippen LogP contribution is -2.31. The van der Waals surface area contributed by atoms with Gasteiger partial charge in [0.15, 0.2) is 0 Å². The topological polar surface area (TPSA) is 65.0 Å². The van der Waals surface area contributed by atoms with Crippen LogP contribution in [0.15, 0.2) is 0 Å². The van der Waals surface area contributed by atoms with Gasteiger partial charge in [-0.2, -0.15) is 0 Å². The van der Waals surface area contributed by atoms with E-state index in [0.29, 0.717) is 19.6 Å². The molecule has 0 radical (unpaired) electrons. The average molecular weight is 252 g/mol. The minimum atomic E-state index is -3.46. The minimum Gasteiger partial charge on any atom is -0.394 e. The second-order valence-electron chi connectivity index (χ2n) is 4.86. The summed E-state index contributed by atoms with van der Waals surface area (Å²) < 4.78 is 27.5. The van der Waals surface area contributed by atoms with Gasteiger partial charge in [-0.25, -0.2) is 4.57 Å². The van der Waals surface area contributed by atoms with Gasteiger partial charge in [0.05, 0.1) is 25.9 Å². The van der Waals surface area contributed by atoms with Crippen molar-refractivity contribution in [3.8, 4) is 0 Å². The number of aliphatic hydroxyl groups excluding tert-OH is 1. The lowest BCUT2D eigenvalue weighted by Gasteiger charge is -2.34. The second kappa shape index (κ2) is 5.61. The summed E-state index contributed by atoms with van der Waals surface area (Å²) in [5.74, 6) is 0. The maximum absolute atomic E-state index is 12.0. The van der Waals surface area contributed by atoms with Crippen LogP contribution in [-0.4, -0.2) is 31.0 Å². The van der Waals surface area contributed by atoms with Gasteiger partial charge in [0, 0.05) is 5.41 Å². The van der Waals surface area contributed by atoms with Crippen molar-refractivity contribution in [2.75, 3.05) is 19.8 Å². The Morgan fingerprint density at radius 2 is 2.00 bits per heavy atom. The van der Waals surface area contributed by atoms with Gasteiger partial charge in [-0.15, -0.1) is 0 Å². The molecule has 0 aliphatic carbocycles. The standard InChI is InChI=1S/C10H21O5P/c1-4-5-9(6-11)15-16(12)13-7-10(2,3)8-14-16/h9,11H,4-8H2,1-3H3. The van der Waals surface area contributed by atoms with Crippen LogP contribution in [0.5, 0.6) is 0 Å². The monoisotopic (exact) mass is 252 g/mol. The molecule has 0 aromatic rings. The van der Waals surface area contributed by atoms with Gasteiger partial charge in [0.2, 0.25) is 0 Å². The summed E-state index contributed by atoms with van der Waals surface area (Å²) in [6.07, 6.45) is 1.00. The van der Waals surface area contributed by atoms with Crippen LogP contribution in [0.4, 0.5) is 0 Å². The Morgan fingerprint density at radius 1 is 1.44 bits per heavy atom. The molecule has 0 spiro atoms. The van der Waals surface area contributed by atoms with Crippen molar-refractivity contribution < 1.29 is 23.2 Å². The van der Waals surface area contributed by atoms with Crippen molar-refractivity contribution in [1.82, 2.24) is 0 Å². The van der Waals surface area contributed by atoms with Crippen LogP contribution in [0.2, 0.25) is 0 Å². The Bertz CT molecular complexity index is 252. The summed E-state index contributed by atoms with van der Waals surface area (Å²) in [6, 6.07) is 0. The molecular weight excluding hydrogens is 231 g/mol. The fraction of sp³-hybridized carbons (Fsp3) is 1.00. The summed E-state index contributed by atoms with van der Waals surface area (Å²) in [5.41, 5.74) is -0.142. The van der Waals surface area contributed by atoms with Crippen molar-refractivity contribution in [1.29, 1.82) is 0 Å². The van der Waals surface area contributed by atoms with E-state index < -0.39 is 13.9 Å². The summed E-state index contributed by atoms with van der Waals surface area (Å²) in [6.45, 7) is 6.41. The van der Waals surface area contributed by atoms with Crippen LogP contribution >= 0.6 is 7.82 Å². The first-order valence-corrected chi connectivity index (χ1v) is 7.05. The molecule has 0 aromatic heterocycles. The van der Waals surface area contributed by atoms with E-state index in [1.165, 1.54) is 0 Å². The smallest absolute Gasteiger partial charge is 0.394 e. The molecule has 1 heterocycles. The van der Waals surface area contributed by atoms with Crippen LogP contribution < -0.4 is 0 Å². The number of hydrogen-bond acceptors (Lipinski definition) is 5. The lowest BCUT2D eigenvalue weighted by atomic mass is 9.97. The fourth-order valence-electron chi connectivity index (χ4n) is 1.33. The maximum Gasteiger partial charge on any atom is 0.475 e. The van der Waals surface area contributed by atoms with E-state index in [0.717, 1.165) is 6.42 Å². The highest BCUT2D eigenvalue weighted by atomic mass is 31.2. The third-order valence-corrected chi connectivity index (χ3v) is 3.77. The normalized spacial score (nSPS) is 25.2. The zero-order valence-electron chi connectivity index (χ0n) is 10.1. The van der Waals surface area contributed by atoms with Crippen LogP contribution in [-0.2, 0) is 18.1 Å². The minimum absolute atomic E-state index is 0.142. The van der Waals surface area contributed by atoms with E-state index in [2.05, 4.69) is 0 Å². The Kier molecular flexibility index (Phi) is 4.95. The molecule has 1 saturated heterocycles. The zero-order chi connectivity index (χ0) is 12.2. The van der Waals surface area contributed by atoms with E-state index in [9.17, 15) is 4.57 Å². The Hall–Kier alpha value is 0.0700. The molecule has 0 saturated carbocycles. The van der Waals surface area contributed by atoms with Gasteiger partial charge < -0.3 is 5.11 Å². The first kappa shape index (κ1) is 14.1. The third kappa shape index (κ3) is 4.15. The molecule has 1 aliphatic heterocycles.